The third-order valence-electron chi connectivity index (χ3n) is 5.39. The molecule has 0 saturated carbocycles. The van der Waals surface area contributed by atoms with Gasteiger partial charge in [-0.05, 0) is 49.2 Å². The minimum atomic E-state index is -0.877. The Balaban J connectivity index is 2.11. The van der Waals surface area contributed by atoms with Crippen molar-refractivity contribution >= 4 is 17.4 Å². The van der Waals surface area contributed by atoms with Crippen molar-refractivity contribution in [1.82, 2.24) is 4.90 Å². The molecule has 1 unspecified atom stereocenters. The molecule has 1 saturated heterocycles. The van der Waals surface area contributed by atoms with Gasteiger partial charge in [0.15, 0.2) is 11.5 Å². The van der Waals surface area contributed by atoms with Gasteiger partial charge in [0.2, 0.25) is 5.78 Å². The number of amides is 1. The van der Waals surface area contributed by atoms with Crippen LogP contribution in [0.2, 0.25) is 0 Å². The van der Waals surface area contributed by atoms with Crippen LogP contribution in [0.3, 0.4) is 0 Å². The van der Waals surface area contributed by atoms with Gasteiger partial charge in [-0.15, -0.1) is 0 Å². The summed E-state index contributed by atoms with van der Waals surface area (Å²) in [5.74, 6) is -1.31. The molecule has 0 spiro atoms. The van der Waals surface area contributed by atoms with Crippen LogP contribution >= 0.6 is 0 Å². The smallest absolute Gasteiger partial charge is 0.295 e. The van der Waals surface area contributed by atoms with Crippen LogP contribution in [0.4, 0.5) is 0 Å². The number of aromatic hydroxyl groups is 1. The molecule has 176 valence electrons. The molecule has 8 heteroatoms. The number of ether oxygens (including phenoxy) is 2. The van der Waals surface area contributed by atoms with Crippen molar-refractivity contribution in [2.45, 2.75) is 26.0 Å². The number of nitrogens with zero attached hydrogens (tertiary/aromatic N) is 1. The Morgan fingerprint density at radius 2 is 1.82 bits per heavy atom. The molecule has 2 N–H and O–H groups in total. The summed E-state index contributed by atoms with van der Waals surface area (Å²) in [7, 11) is 5.29. The van der Waals surface area contributed by atoms with E-state index < -0.39 is 23.5 Å². The number of phenolic OH excluding ortho intramolecular Hbond substituents is 1. The molecular formula is C25H30N2O6. The van der Waals surface area contributed by atoms with Crippen LogP contribution in [0.25, 0.3) is 5.76 Å². The number of likely N-dealkylation sites (tertiary alicyclic amines) is 1. The summed E-state index contributed by atoms with van der Waals surface area (Å²) in [4.78, 5) is 28.5. The largest absolute Gasteiger partial charge is 0.872 e. The second kappa shape index (κ2) is 9.95. The molecule has 8 nitrogen and oxygen atoms in total. The molecule has 1 aliphatic rings. The quantitative estimate of drug-likeness (QED) is 0.343. The zero-order valence-corrected chi connectivity index (χ0v) is 19.5. The van der Waals surface area contributed by atoms with E-state index in [9.17, 15) is 19.8 Å². The minimum absolute atomic E-state index is 0.0174. The summed E-state index contributed by atoms with van der Waals surface area (Å²) < 4.78 is 10.8. The normalized spacial score (nSPS) is 17.8. The summed E-state index contributed by atoms with van der Waals surface area (Å²) in [5.41, 5.74) is 0.692. The number of benzene rings is 2. The summed E-state index contributed by atoms with van der Waals surface area (Å²) in [5, 5.41) is 23.5. The number of carbonyl (C=O) groups excluding carboxylic acids is 2. The number of hydrogen-bond acceptors (Lipinski definition) is 6. The highest BCUT2D eigenvalue weighted by Crippen LogP contribution is 2.41. The number of quaternary nitrogens is 1. The summed E-state index contributed by atoms with van der Waals surface area (Å²) in [6.45, 7) is 4.68. The van der Waals surface area contributed by atoms with Crippen molar-refractivity contribution in [1.29, 1.82) is 0 Å². The molecule has 3 rings (SSSR count). The van der Waals surface area contributed by atoms with E-state index in [-0.39, 0.29) is 28.7 Å². The van der Waals surface area contributed by atoms with E-state index in [1.165, 1.54) is 18.1 Å². The van der Waals surface area contributed by atoms with Crippen LogP contribution in [0, 0.1) is 0 Å². The number of ketones is 1. The van der Waals surface area contributed by atoms with Gasteiger partial charge in [0.05, 0.1) is 46.4 Å². The highest BCUT2D eigenvalue weighted by Gasteiger charge is 2.44. The van der Waals surface area contributed by atoms with Crippen molar-refractivity contribution in [2.75, 3.05) is 34.3 Å². The predicted molar refractivity (Wildman–Crippen MR) is 121 cm³/mol. The molecule has 2 aromatic carbocycles. The van der Waals surface area contributed by atoms with Crippen LogP contribution in [0.15, 0.2) is 48.0 Å². The number of Topliss-reactive ketones (excluding diaryl/α,β-unsaturated/α-hetero) is 1. The van der Waals surface area contributed by atoms with E-state index in [1.54, 1.807) is 36.4 Å². The monoisotopic (exact) mass is 454 g/mol. The Morgan fingerprint density at radius 1 is 1.15 bits per heavy atom. The fraction of sp³-hybridized carbons (Fsp3) is 0.360. The number of hydrogen-bond donors (Lipinski definition) is 2. The van der Waals surface area contributed by atoms with E-state index >= 15 is 0 Å². The molecule has 1 atom stereocenters. The SMILES string of the molecule is COc1cc(C2C(=C([O-])c3ccc(OC(C)C)cc3)C(=O)C(=O)N2CC[NH+](C)C)ccc1O. The lowest BCUT2D eigenvalue weighted by atomic mass is 9.95. The predicted octanol–water partition coefficient (Wildman–Crippen LogP) is 0.557. The average molecular weight is 455 g/mol. The molecular weight excluding hydrogens is 424 g/mol. The third-order valence-corrected chi connectivity index (χ3v) is 5.39. The van der Waals surface area contributed by atoms with E-state index in [4.69, 9.17) is 9.47 Å². The van der Waals surface area contributed by atoms with Crippen LogP contribution in [0.1, 0.15) is 31.0 Å². The Labute approximate surface area is 193 Å². The number of likely N-dealkylation sites (N-methyl/N-ethyl adjacent to an activating group) is 1. The third kappa shape index (κ3) is 5.12. The molecule has 2 aromatic rings. The number of carbonyl (C=O) groups is 2. The van der Waals surface area contributed by atoms with Crippen LogP contribution < -0.4 is 19.5 Å². The zero-order valence-electron chi connectivity index (χ0n) is 19.5. The lowest BCUT2D eigenvalue weighted by Crippen LogP contribution is -3.06. The summed E-state index contributed by atoms with van der Waals surface area (Å²) in [6, 6.07) is 10.2. The van der Waals surface area contributed by atoms with Gasteiger partial charge in [-0.2, -0.15) is 0 Å². The molecule has 1 fully saturated rings. The minimum Gasteiger partial charge on any atom is -0.872 e. The Hall–Kier alpha value is -3.52. The van der Waals surface area contributed by atoms with E-state index in [0.29, 0.717) is 24.4 Å². The molecule has 33 heavy (non-hydrogen) atoms. The first-order valence-corrected chi connectivity index (χ1v) is 10.8. The standard InChI is InChI=1S/C25H30N2O6/c1-15(2)33-18-9-6-16(7-10-18)23(29)21-22(17-8-11-19(28)20(14-17)32-5)27(13-12-26(3)4)25(31)24(21)30/h6-11,14-15,22,28-29H,12-13H2,1-5H3. The van der Waals surface area contributed by atoms with Gasteiger partial charge >= 0.3 is 0 Å². The molecule has 0 radical (unpaired) electrons. The van der Waals surface area contributed by atoms with Crippen molar-refractivity contribution in [3.63, 3.8) is 0 Å². The molecule has 0 bridgehead atoms. The number of nitrogens with one attached hydrogen (secondary N) is 1. The average Bonchev–Trinajstić information content (AvgIpc) is 3.02. The van der Waals surface area contributed by atoms with E-state index in [1.807, 2.05) is 27.9 Å². The van der Waals surface area contributed by atoms with Gasteiger partial charge in [0.1, 0.15) is 5.75 Å². The van der Waals surface area contributed by atoms with Gasteiger partial charge < -0.3 is 29.5 Å². The zero-order chi connectivity index (χ0) is 24.3. The maximum absolute atomic E-state index is 13.5. The highest BCUT2D eigenvalue weighted by atomic mass is 16.5. The summed E-state index contributed by atoms with van der Waals surface area (Å²) >= 11 is 0. The van der Waals surface area contributed by atoms with Crippen molar-refractivity contribution < 1.29 is 34.2 Å². The topological polar surface area (TPSA) is 104 Å². The van der Waals surface area contributed by atoms with E-state index in [0.717, 1.165) is 4.90 Å². The van der Waals surface area contributed by atoms with Gasteiger partial charge in [0, 0.05) is 5.57 Å². The first-order chi connectivity index (χ1) is 15.6. The van der Waals surface area contributed by atoms with Crippen molar-refractivity contribution in [2.24, 2.45) is 0 Å². The molecule has 1 aliphatic heterocycles. The van der Waals surface area contributed by atoms with Gasteiger partial charge in [0.25, 0.3) is 5.91 Å². The highest BCUT2D eigenvalue weighted by molar-refractivity contribution is 6.46. The molecule has 0 aromatic heterocycles. The second-order valence-electron chi connectivity index (χ2n) is 8.55. The second-order valence-corrected chi connectivity index (χ2v) is 8.55. The van der Waals surface area contributed by atoms with Gasteiger partial charge in [-0.3, -0.25) is 9.59 Å². The fourth-order valence-corrected chi connectivity index (χ4v) is 3.77. The lowest BCUT2D eigenvalue weighted by molar-refractivity contribution is -0.857. The Bertz CT molecular complexity index is 1060. The van der Waals surface area contributed by atoms with Crippen LogP contribution in [-0.4, -0.2) is 62.1 Å². The number of rotatable bonds is 8. The first kappa shape index (κ1) is 24.1. The van der Waals surface area contributed by atoms with Gasteiger partial charge in [-0.1, -0.05) is 24.0 Å². The lowest BCUT2D eigenvalue weighted by Gasteiger charge is -2.28. The molecule has 1 amide bonds. The van der Waals surface area contributed by atoms with Crippen LogP contribution in [0.5, 0.6) is 17.2 Å². The number of methoxy groups -OCH3 is 1. The van der Waals surface area contributed by atoms with Gasteiger partial charge in [-0.25, -0.2) is 0 Å². The fourth-order valence-electron chi connectivity index (χ4n) is 3.77. The maximum Gasteiger partial charge on any atom is 0.295 e. The van der Waals surface area contributed by atoms with Crippen molar-refractivity contribution in [3.05, 3.63) is 59.2 Å². The molecule has 0 aliphatic carbocycles. The summed E-state index contributed by atoms with van der Waals surface area (Å²) in [6.07, 6.45) is -0.0174. The Morgan fingerprint density at radius 3 is 2.39 bits per heavy atom. The van der Waals surface area contributed by atoms with Crippen LogP contribution in [-0.2, 0) is 9.59 Å². The number of phenols is 1. The van der Waals surface area contributed by atoms with E-state index in [2.05, 4.69) is 0 Å². The Kier molecular flexibility index (Phi) is 7.28. The first-order valence-electron chi connectivity index (χ1n) is 10.8. The van der Waals surface area contributed by atoms with Crippen molar-refractivity contribution in [3.8, 4) is 17.2 Å². The maximum atomic E-state index is 13.5. The molecule has 1 heterocycles.